The highest BCUT2D eigenvalue weighted by atomic mass is 16.7. The van der Waals surface area contributed by atoms with Gasteiger partial charge in [0.2, 0.25) is 0 Å². The molecule has 0 aromatic heterocycles. The number of hydrogen-bond donors (Lipinski definition) is 8. The Balaban J connectivity index is 0.980. The van der Waals surface area contributed by atoms with Crippen LogP contribution in [0.2, 0.25) is 0 Å². The van der Waals surface area contributed by atoms with E-state index in [1.165, 1.54) is 170 Å². The smallest absolute Gasteiger partial charge is 0.335 e. The van der Waals surface area contributed by atoms with Gasteiger partial charge in [0.05, 0.1) is 22.3 Å². The monoisotopic (exact) mass is 1730 g/mol. The molecule has 1 aliphatic carbocycles. The van der Waals surface area contributed by atoms with Crippen molar-refractivity contribution < 1.29 is 155 Å². The standard InChI is InChI=1S/C96H64O32/c97-85(98)5-1-65-69-33-71-66(2-6-86(99)100)73-35-75-68(4-8-88(103)104)76-36-74-67(3-7-87(101)102)72-34-70(65)78-38-80(72)124-95-47-20-60-31-62(22-47)118-54-14-44(92(111)112)16-56(28-54)120-64-24-48-23-63(32-64)119-55-15-43(91(109)110)13-53(27-55)117-61-21-46-19-59(30-61)115-51-11-41(89(105)106)9-49(25-51)113-57-17-45(18-58(29-57)114-50-10-42(90(107)108)12-52(26-50)116-60)93(122-78)121-77(69)37-79(71)123-94(46)125-81(73)39-83(75)127-96(48)128-84(76)40-82(74)126-95/h9-40,65-68,93-96H,1-8H2,(H,97,98)(H,99,100)(H,101,102)(H,103,104)(H,105,106)(H,107,108)(H,109,110)(H,111,112). The Hall–Kier alpha value is -16.8. The highest BCUT2D eigenvalue weighted by molar-refractivity contribution is 5.91. The number of fused-ring (bicyclic) bond motifs is 16. The van der Waals surface area contributed by atoms with Crippen molar-refractivity contribution in [1.29, 1.82) is 0 Å². The van der Waals surface area contributed by atoms with E-state index < -0.39 is 122 Å². The summed E-state index contributed by atoms with van der Waals surface area (Å²) in [4.78, 5) is 109. The molecule has 128 heavy (non-hydrogen) atoms. The number of hydrogen-bond acceptors (Lipinski definition) is 24. The van der Waals surface area contributed by atoms with Crippen molar-refractivity contribution in [3.63, 3.8) is 0 Å². The first-order valence-electron chi connectivity index (χ1n) is 40.2. The van der Waals surface area contributed by atoms with Crippen LogP contribution in [0.5, 0.6) is 138 Å². The van der Waals surface area contributed by atoms with Gasteiger partial charge in [0.25, 0.3) is 25.2 Å². The predicted octanol–water partition coefficient (Wildman–Crippen LogP) is 20.3. The Morgan fingerprint density at radius 3 is 0.461 bits per heavy atom. The molecule has 0 fully saturated rings. The van der Waals surface area contributed by atoms with Crippen LogP contribution >= 0.6 is 0 Å². The SMILES string of the molecule is O=C(O)CCC1c2cc3c4cc2OC2Oc5cc6c(cc51)C(CCC(=O)O)c1cc5c7cc1OC(O6)c1cc6cc(c1)Oc1cc(cc(C(=O)O)c1)Oc1cc8cc(c1)C(Oc1cc(c(cc1C5CCC(=O)O)C3CCC(=O)O)OC(O4)c1cc(cc(c1)Oc1cc(cc(C(=O)O)c1)O8)Oc1cc(cc(C(=O)O)c1)Oc1cc(cc2c1)Oc1cc(cc(C(=O)O)c1)O6)O7. The maximum Gasteiger partial charge on any atom is 0.335 e. The minimum atomic E-state index is -1.81. The van der Waals surface area contributed by atoms with Crippen molar-refractivity contribution in [1.82, 2.24) is 0 Å². The molecule has 0 amide bonds. The highest BCUT2D eigenvalue weighted by Gasteiger charge is 2.44. The minimum Gasteiger partial charge on any atom is -0.481 e. The molecular weight excluding hydrogens is 1670 g/mol. The van der Waals surface area contributed by atoms with Crippen LogP contribution in [-0.4, -0.2) is 88.6 Å². The van der Waals surface area contributed by atoms with Crippen molar-refractivity contribution in [3.05, 3.63) is 283 Å². The van der Waals surface area contributed by atoms with Crippen LogP contribution in [0, 0.1) is 0 Å². The number of carboxylic acids is 8. The van der Waals surface area contributed by atoms with Crippen LogP contribution in [0.3, 0.4) is 0 Å². The van der Waals surface area contributed by atoms with Gasteiger partial charge < -0.3 is 117 Å². The normalized spacial score (nSPS) is 18.5. The third-order valence-corrected chi connectivity index (χ3v) is 23.1. The van der Waals surface area contributed by atoms with Gasteiger partial charge in [-0.2, -0.15) is 0 Å². The summed E-state index contributed by atoms with van der Waals surface area (Å²) >= 11 is 0. The molecule has 0 atom stereocenters. The van der Waals surface area contributed by atoms with Crippen molar-refractivity contribution in [2.45, 2.75) is 100 Å². The molecule has 8 N–H and O–H groups in total. The Morgan fingerprint density at radius 1 is 0.188 bits per heavy atom. The predicted molar refractivity (Wildman–Crippen MR) is 437 cm³/mol. The van der Waals surface area contributed by atoms with E-state index >= 15 is 0 Å². The number of carbonyl (C=O) groups is 8. The van der Waals surface area contributed by atoms with Gasteiger partial charge in [0.1, 0.15) is 138 Å². The lowest BCUT2D eigenvalue weighted by molar-refractivity contribution is -0.138. The van der Waals surface area contributed by atoms with E-state index in [1.807, 2.05) is 0 Å². The molecule has 640 valence electrons. The molecule has 0 saturated heterocycles. The van der Waals surface area contributed by atoms with E-state index in [0.717, 1.165) is 0 Å². The summed E-state index contributed by atoms with van der Waals surface area (Å²) in [7, 11) is 0. The Morgan fingerprint density at radius 2 is 0.328 bits per heavy atom. The Bertz CT molecular complexity index is 5770. The quantitative estimate of drug-likeness (QED) is 0.0445. The first-order chi connectivity index (χ1) is 61.7. The lowest BCUT2D eigenvalue weighted by Crippen LogP contribution is -2.26. The number of rotatable bonds is 16. The van der Waals surface area contributed by atoms with Crippen LogP contribution in [0.1, 0.15) is 208 Å². The van der Waals surface area contributed by atoms with E-state index in [4.69, 9.17) is 75.8 Å². The van der Waals surface area contributed by atoms with Gasteiger partial charge in [-0.15, -0.1) is 0 Å². The van der Waals surface area contributed by atoms with Crippen molar-refractivity contribution >= 4 is 47.8 Å². The lowest BCUT2D eigenvalue weighted by atomic mass is 9.76. The molecular formula is C96H64O32. The molecule has 0 spiro atoms. The van der Waals surface area contributed by atoms with Crippen LogP contribution in [0.4, 0.5) is 0 Å². The fraction of sp³-hybridized carbons (Fsp3) is 0.167. The van der Waals surface area contributed by atoms with Crippen molar-refractivity contribution in [2.75, 3.05) is 0 Å². The molecule has 12 aromatic rings. The van der Waals surface area contributed by atoms with Crippen molar-refractivity contribution in [2.24, 2.45) is 0 Å². The second kappa shape index (κ2) is 30.6. The average Bonchev–Trinajstić information content (AvgIpc) is 0.725. The fourth-order valence-corrected chi connectivity index (χ4v) is 17.7. The largest absolute Gasteiger partial charge is 0.481 e. The third-order valence-electron chi connectivity index (χ3n) is 23.1. The molecule has 8 aliphatic heterocycles. The Kier molecular flexibility index (Phi) is 18.8. The molecule has 32 nitrogen and oxygen atoms in total. The van der Waals surface area contributed by atoms with Gasteiger partial charge in [0.15, 0.2) is 0 Å². The molecule has 0 unspecified atom stereocenters. The van der Waals surface area contributed by atoms with Gasteiger partial charge >= 0.3 is 47.8 Å². The third kappa shape index (κ3) is 15.1. The lowest BCUT2D eigenvalue weighted by Gasteiger charge is -2.38. The number of aliphatic carboxylic acids is 4. The summed E-state index contributed by atoms with van der Waals surface area (Å²) in [5.41, 5.74) is 0.258. The topological polar surface area (TPSA) is 446 Å². The summed E-state index contributed by atoms with van der Waals surface area (Å²) in [6.45, 7) is 0. The first-order valence-corrected chi connectivity index (χ1v) is 40.2. The first kappa shape index (κ1) is 78.5. The summed E-state index contributed by atoms with van der Waals surface area (Å²) < 4.78 is 114. The van der Waals surface area contributed by atoms with E-state index in [0.29, 0.717) is 0 Å². The van der Waals surface area contributed by atoms with Crippen molar-refractivity contribution in [3.8, 4) is 138 Å². The average molecular weight is 1730 g/mol. The van der Waals surface area contributed by atoms with E-state index in [9.17, 15) is 79.2 Å². The van der Waals surface area contributed by atoms with Crippen LogP contribution in [-0.2, 0) is 19.2 Å². The summed E-state index contributed by atoms with van der Waals surface area (Å²) in [5.74, 6) is -19.1. The van der Waals surface area contributed by atoms with Crippen LogP contribution < -0.4 is 75.8 Å². The number of carboxylic acid groups (broad SMARTS) is 8. The number of ether oxygens (including phenoxy) is 16. The minimum absolute atomic E-state index is 0.0243. The van der Waals surface area contributed by atoms with Gasteiger partial charge in [-0.1, -0.05) is 0 Å². The second-order valence-corrected chi connectivity index (χ2v) is 31.7. The highest BCUT2D eigenvalue weighted by Crippen LogP contribution is 2.60. The van der Waals surface area contributed by atoms with Gasteiger partial charge in [0, 0.05) is 189 Å². The summed E-state index contributed by atoms with van der Waals surface area (Å²) in [6, 6.07) is 45.1. The number of benzene rings is 12. The maximum absolute atomic E-state index is 13.6. The summed E-state index contributed by atoms with van der Waals surface area (Å²) in [6.07, 6.45) is -10.6. The molecule has 32 heteroatoms. The zero-order valence-corrected chi connectivity index (χ0v) is 66.1. The van der Waals surface area contributed by atoms with E-state index in [1.54, 1.807) is 24.3 Å². The zero-order valence-electron chi connectivity index (χ0n) is 66.1. The second-order valence-electron chi connectivity index (χ2n) is 31.7. The molecule has 40 bridgehead atoms. The zero-order chi connectivity index (χ0) is 87.9. The van der Waals surface area contributed by atoms with Gasteiger partial charge in [-0.3, -0.25) is 19.2 Å². The molecule has 0 saturated carbocycles. The van der Waals surface area contributed by atoms with E-state index in [2.05, 4.69) is 0 Å². The fourth-order valence-electron chi connectivity index (χ4n) is 17.7. The molecule has 0 radical (unpaired) electrons. The van der Waals surface area contributed by atoms with E-state index in [-0.39, 0.29) is 253 Å². The molecule has 21 rings (SSSR count). The molecule has 8 heterocycles. The van der Waals surface area contributed by atoms with Crippen LogP contribution in [0.15, 0.2) is 194 Å². The Labute approximate surface area is 720 Å². The van der Waals surface area contributed by atoms with Gasteiger partial charge in [-0.05, 0) is 147 Å². The summed E-state index contributed by atoms with van der Waals surface area (Å²) in [5, 5.41) is 88.4. The molecule has 9 aliphatic rings. The maximum atomic E-state index is 13.6. The van der Waals surface area contributed by atoms with Crippen LogP contribution in [0.25, 0.3) is 0 Å². The van der Waals surface area contributed by atoms with Gasteiger partial charge in [-0.25, -0.2) is 19.2 Å². The molecule has 12 aromatic carbocycles. The number of aromatic carboxylic acids is 4.